The zero-order valence-electron chi connectivity index (χ0n) is 36.8. The van der Waals surface area contributed by atoms with Gasteiger partial charge in [0.15, 0.2) is 12.2 Å². The van der Waals surface area contributed by atoms with Crippen LogP contribution in [0.4, 0.5) is 16.3 Å². The summed E-state index contributed by atoms with van der Waals surface area (Å²) in [6.45, 7) is 11.0. The van der Waals surface area contributed by atoms with Crippen LogP contribution in [0, 0.1) is 0 Å². The quantitative estimate of drug-likeness (QED) is 0.0733. The smallest absolute Gasteiger partial charge is 0.347 e. The lowest BCUT2D eigenvalue weighted by Crippen LogP contribution is -2.44. The number of hydrogen-bond acceptors (Lipinski definition) is 18. The number of urea groups is 1. The maximum atomic E-state index is 13.5. The predicted octanol–water partition coefficient (Wildman–Crippen LogP) is 4.37. The highest BCUT2D eigenvalue weighted by atomic mass is 32.1. The lowest BCUT2D eigenvalue weighted by molar-refractivity contribution is -0.177. The standard InChI is InChI=1S/C43H56N8O12S/c1-28(40(54)59-21-18-51(26-30-8-7-9-34(22-30)57-6)42(56)47-33-12-10-31(11-13-33)32-23-45-46-24-32)62-41(55)29(2)61-36(52)14-15-37(53)63-35(25-44-43(3,4)5)27-60-39-38(48-64-49-39)50-16-19-58-20-17-50/h7-13,22-24,28-29,35,44H,14-21,25-27H2,1-6H3,(H,45,46)(H,47,56)/t28?,29?,35-/m0/s1. The number of rotatable bonds is 22. The van der Waals surface area contributed by atoms with Gasteiger partial charge in [0.2, 0.25) is 5.82 Å². The third-order valence-electron chi connectivity index (χ3n) is 9.48. The van der Waals surface area contributed by atoms with Gasteiger partial charge in [-0.05, 0) is 70.0 Å². The topological polar surface area (TPSA) is 235 Å². The molecule has 64 heavy (non-hydrogen) atoms. The van der Waals surface area contributed by atoms with Gasteiger partial charge in [0.1, 0.15) is 25.1 Å². The van der Waals surface area contributed by atoms with Gasteiger partial charge in [-0.15, -0.1) is 4.37 Å². The Labute approximate surface area is 375 Å². The van der Waals surface area contributed by atoms with Crippen molar-refractivity contribution in [1.82, 2.24) is 29.2 Å². The number of nitrogens with zero attached hydrogens (tertiary/aromatic N) is 5. The van der Waals surface area contributed by atoms with Crippen LogP contribution in [0.1, 0.15) is 53.0 Å². The van der Waals surface area contributed by atoms with Crippen molar-refractivity contribution in [1.29, 1.82) is 0 Å². The number of aromatic amines is 1. The van der Waals surface area contributed by atoms with Crippen molar-refractivity contribution >= 4 is 53.1 Å². The van der Waals surface area contributed by atoms with Gasteiger partial charge in [-0.1, -0.05) is 24.3 Å². The number of morpholine rings is 1. The van der Waals surface area contributed by atoms with E-state index in [0.717, 1.165) is 28.4 Å². The van der Waals surface area contributed by atoms with Crippen LogP contribution in [-0.4, -0.2) is 137 Å². The van der Waals surface area contributed by atoms with E-state index in [1.165, 1.54) is 18.7 Å². The molecule has 0 aliphatic carbocycles. The van der Waals surface area contributed by atoms with E-state index >= 15 is 0 Å². The molecule has 3 atom stereocenters. The van der Waals surface area contributed by atoms with Gasteiger partial charge >= 0.3 is 29.9 Å². The van der Waals surface area contributed by atoms with Crippen LogP contribution in [0.3, 0.4) is 0 Å². The van der Waals surface area contributed by atoms with Crippen molar-refractivity contribution in [2.24, 2.45) is 0 Å². The minimum Gasteiger partial charge on any atom is -0.497 e. The van der Waals surface area contributed by atoms with E-state index in [4.69, 9.17) is 33.2 Å². The summed E-state index contributed by atoms with van der Waals surface area (Å²) in [5, 5.41) is 12.9. The van der Waals surface area contributed by atoms with Crippen LogP contribution in [-0.2, 0) is 49.4 Å². The molecule has 0 spiro atoms. The lowest BCUT2D eigenvalue weighted by atomic mass is 10.1. The highest BCUT2D eigenvalue weighted by Crippen LogP contribution is 2.27. The fourth-order valence-electron chi connectivity index (χ4n) is 6.01. The number of H-pyrrole nitrogens is 1. The third-order valence-corrected chi connectivity index (χ3v) is 9.99. The lowest BCUT2D eigenvalue weighted by Gasteiger charge is -2.27. The van der Waals surface area contributed by atoms with Gasteiger partial charge in [-0.3, -0.25) is 14.7 Å². The van der Waals surface area contributed by atoms with E-state index in [0.29, 0.717) is 49.4 Å². The number of benzene rings is 2. The summed E-state index contributed by atoms with van der Waals surface area (Å²) >= 11 is 1.01. The van der Waals surface area contributed by atoms with Crippen molar-refractivity contribution in [2.75, 3.05) is 69.9 Å². The molecule has 0 radical (unpaired) electrons. The van der Waals surface area contributed by atoms with Gasteiger partial charge in [0.25, 0.3) is 5.88 Å². The number of esters is 4. The molecule has 2 aromatic carbocycles. The molecule has 2 amide bonds. The van der Waals surface area contributed by atoms with Crippen molar-refractivity contribution in [2.45, 2.75) is 77.9 Å². The van der Waals surface area contributed by atoms with Gasteiger partial charge < -0.3 is 53.6 Å². The molecular formula is C43H56N8O12S. The van der Waals surface area contributed by atoms with E-state index in [9.17, 15) is 24.0 Å². The van der Waals surface area contributed by atoms with Gasteiger partial charge in [0, 0.05) is 49.2 Å². The number of hydrogen-bond donors (Lipinski definition) is 3. The molecule has 0 saturated carbocycles. The molecule has 1 saturated heterocycles. The summed E-state index contributed by atoms with van der Waals surface area (Å²) in [7, 11) is 1.54. The first kappa shape index (κ1) is 48.7. The number of methoxy groups -OCH3 is 1. The van der Waals surface area contributed by atoms with E-state index in [2.05, 4.69) is 29.6 Å². The molecular weight excluding hydrogens is 853 g/mol. The van der Waals surface area contributed by atoms with E-state index in [-0.39, 0.29) is 51.2 Å². The number of aromatic nitrogens is 4. The van der Waals surface area contributed by atoms with Gasteiger partial charge in [-0.25, -0.2) is 14.4 Å². The van der Waals surface area contributed by atoms with Crippen LogP contribution < -0.4 is 25.0 Å². The molecule has 20 nitrogen and oxygen atoms in total. The molecule has 3 N–H and O–H groups in total. The van der Waals surface area contributed by atoms with E-state index < -0.39 is 48.2 Å². The second kappa shape index (κ2) is 23.9. The Morgan fingerprint density at radius 2 is 1.64 bits per heavy atom. The Balaban J connectivity index is 1.05. The second-order valence-electron chi connectivity index (χ2n) is 15.7. The summed E-state index contributed by atoms with van der Waals surface area (Å²) in [5.41, 5.74) is 2.83. The van der Waals surface area contributed by atoms with E-state index in [1.807, 2.05) is 43.9 Å². The fourth-order valence-corrected chi connectivity index (χ4v) is 6.53. The molecule has 3 heterocycles. The van der Waals surface area contributed by atoms with Crippen LogP contribution in [0.15, 0.2) is 60.9 Å². The van der Waals surface area contributed by atoms with Crippen LogP contribution in [0.5, 0.6) is 11.6 Å². The number of carbonyl (C=O) groups is 5. The monoisotopic (exact) mass is 908 g/mol. The van der Waals surface area contributed by atoms with Crippen molar-refractivity contribution in [3.63, 3.8) is 0 Å². The normalized spacial score (nSPS) is 14.1. The van der Waals surface area contributed by atoms with Crippen molar-refractivity contribution in [3.8, 4) is 22.8 Å². The molecule has 0 bridgehead atoms. The Morgan fingerprint density at radius 3 is 2.33 bits per heavy atom. The molecule has 4 aromatic rings. The second-order valence-corrected chi connectivity index (χ2v) is 16.2. The van der Waals surface area contributed by atoms with Crippen molar-refractivity contribution in [3.05, 3.63) is 66.5 Å². The zero-order chi connectivity index (χ0) is 46.1. The molecule has 2 aromatic heterocycles. The van der Waals surface area contributed by atoms with Crippen LogP contribution >= 0.6 is 11.7 Å². The number of nitrogens with one attached hydrogen (secondary N) is 3. The molecule has 1 fully saturated rings. The fraction of sp³-hybridized carbons (Fsp3) is 0.488. The molecule has 346 valence electrons. The maximum absolute atomic E-state index is 13.5. The minimum atomic E-state index is -1.40. The molecule has 2 unspecified atom stereocenters. The first-order chi connectivity index (χ1) is 30.7. The first-order valence-electron chi connectivity index (χ1n) is 20.7. The number of amides is 2. The summed E-state index contributed by atoms with van der Waals surface area (Å²) in [4.78, 5) is 68.2. The number of ether oxygens (including phenoxy) is 7. The predicted molar refractivity (Wildman–Crippen MR) is 234 cm³/mol. The highest BCUT2D eigenvalue weighted by Gasteiger charge is 2.28. The minimum absolute atomic E-state index is 0.0149. The van der Waals surface area contributed by atoms with Gasteiger partial charge in [0.05, 0.1) is 57.6 Å². The summed E-state index contributed by atoms with van der Waals surface area (Å²) in [6, 6.07) is 14.0. The molecule has 1 aliphatic heterocycles. The van der Waals surface area contributed by atoms with Crippen LogP contribution in [0.25, 0.3) is 11.1 Å². The third kappa shape index (κ3) is 15.8. The van der Waals surface area contributed by atoms with Gasteiger partial charge in [-0.2, -0.15) is 9.47 Å². The Morgan fingerprint density at radius 1 is 0.922 bits per heavy atom. The summed E-state index contributed by atoms with van der Waals surface area (Å²) < 4.78 is 46.8. The average Bonchev–Trinajstić information content (AvgIpc) is 4.00. The largest absolute Gasteiger partial charge is 0.497 e. The first-order valence-corrected chi connectivity index (χ1v) is 21.5. The number of carbonyl (C=O) groups excluding carboxylic acids is 5. The Hall–Kier alpha value is -6.32. The maximum Gasteiger partial charge on any atom is 0.347 e. The molecule has 1 aliphatic rings. The summed E-state index contributed by atoms with van der Waals surface area (Å²) in [6.07, 6.45) is -0.777. The molecule has 5 rings (SSSR count). The van der Waals surface area contributed by atoms with Crippen molar-refractivity contribution < 1.29 is 57.1 Å². The zero-order valence-corrected chi connectivity index (χ0v) is 37.6. The summed E-state index contributed by atoms with van der Waals surface area (Å²) in [5.74, 6) is -1.89. The Kier molecular flexibility index (Phi) is 18.2. The Bertz CT molecular complexity index is 2120. The van der Waals surface area contributed by atoms with Crippen LogP contribution in [0.2, 0.25) is 0 Å². The van der Waals surface area contributed by atoms with E-state index in [1.54, 1.807) is 49.8 Å². The average molecular weight is 909 g/mol. The SMILES string of the molecule is COc1cccc(CN(CCOC(=O)C(C)OC(=O)C(C)OC(=O)CCC(=O)O[C@@H](CNC(C)(C)C)COc2nsnc2N2CCOCC2)C(=O)Nc2ccc(-c3cn[nH]c3)cc2)c1. The molecule has 21 heteroatoms. The highest BCUT2D eigenvalue weighted by molar-refractivity contribution is 6.99. The number of anilines is 2.